The predicted molar refractivity (Wildman–Crippen MR) is 129 cm³/mol. The van der Waals surface area contributed by atoms with Gasteiger partial charge in [0.1, 0.15) is 11.4 Å². The van der Waals surface area contributed by atoms with Gasteiger partial charge in [-0.15, -0.1) is 0 Å². The summed E-state index contributed by atoms with van der Waals surface area (Å²) >= 11 is 0. The first-order chi connectivity index (χ1) is 16.3. The Bertz CT molecular complexity index is 1360. The summed E-state index contributed by atoms with van der Waals surface area (Å²) < 4.78 is 6.61. The third-order valence-electron chi connectivity index (χ3n) is 5.20. The van der Waals surface area contributed by atoms with Gasteiger partial charge in [0.2, 0.25) is 11.8 Å². The van der Waals surface area contributed by atoms with E-state index in [0.717, 1.165) is 0 Å². The van der Waals surface area contributed by atoms with Crippen molar-refractivity contribution in [2.75, 3.05) is 19.4 Å². The minimum Gasteiger partial charge on any atom is -0.505 e. The van der Waals surface area contributed by atoms with Crippen LogP contribution in [0.3, 0.4) is 0 Å². The van der Waals surface area contributed by atoms with E-state index in [0.29, 0.717) is 17.2 Å². The number of aromatic nitrogens is 1. The second-order valence-corrected chi connectivity index (χ2v) is 7.74. The zero-order chi connectivity index (χ0) is 24.4. The molecule has 0 unspecified atom stereocenters. The lowest BCUT2D eigenvalue weighted by Crippen LogP contribution is -2.21. The molecule has 2 aromatic carbocycles. The second kappa shape index (κ2) is 9.07. The van der Waals surface area contributed by atoms with E-state index in [9.17, 15) is 20.1 Å². The summed E-state index contributed by atoms with van der Waals surface area (Å²) in [7, 11) is 3.16. The number of aliphatic imine (C=N–C) groups is 1. The fraction of sp³-hybridized carbons (Fsp3) is 0.120. The van der Waals surface area contributed by atoms with Crippen molar-refractivity contribution in [1.29, 1.82) is 0 Å². The fourth-order valence-electron chi connectivity index (χ4n) is 3.48. The third kappa shape index (κ3) is 4.06. The Balaban J connectivity index is 1.88. The SMILES string of the molecule is CC(=Nc1c(Nc2cccc(C(=O)N(C)C)c2O)c(O)n(-c2ccccc2)c1O)c1ccco1. The van der Waals surface area contributed by atoms with E-state index in [1.165, 1.54) is 21.8 Å². The first-order valence-electron chi connectivity index (χ1n) is 10.4. The minimum atomic E-state index is -0.387. The quantitative estimate of drug-likeness (QED) is 0.243. The van der Waals surface area contributed by atoms with Crippen molar-refractivity contribution < 1.29 is 24.5 Å². The lowest BCUT2D eigenvalue weighted by molar-refractivity contribution is 0.0824. The lowest BCUT2D eigenvalue weighted by atomic mass is 10.1. The molecule has 34 heavy (non-hydrogen) atoms. The van der Waals surface area contributed by atoms with Crippen LogP contribution in [0.15, 0.2) is 76.3 Å². The van der Waals surface area contributed by atoms with Crippen LogP contribution >= 0.6 is 0 Å². The molecule has 4 aromatic rings. The average molecular weight is 460 g/mol. The highest BCUT2D eigenvalue weighted by molar-refractivity contribution is 6.01. The van der Waals surface area contributed by atoms with E-state index < -0.39 is 0 Å². The molecule has 0 bridgehead atoms. The number of carbonyl (C=O) groups is 1. The maximum atomic E-state index is 12.4. The van der Waals surface area contributed by atoms with Gasteiger partial charge in [0.15, 0.2) is 11.4 Å². The van der Waals surface area contributed by atoms with E-state index in [-0.39, 0.29) is 46.0 Å². The number of anilines is 2. The molecular formula is C25H24N4O5. The van der Waals surface area contributed by atoms with E-state index in [1.807, 2.05) is 6.07 Å². The molecule has 0 spiro atoms. The Morgan fingerprint density at radius 2 is 1.71 bits per heavy atom. The number of para-hydroxylation sites is 2. The third-order valence-corrected chi connectivity index (χ3v) is 5.20. The average Bonchev–Trinajstić information content (AvgIpc) is 3.44. The molecule has 2 heterocycles. The van der Waals surface area contributed by atoms with E-state index in [2.05, 4.69) is 10.3 Å². The van der Waals surface area contributed by atoms with E-state index in [4.69, 9.17) is 4.42 Å². The van der Waals surface area contributed by atoms with E-state index >= 15 is 0 Å². The van der Waals surface area contributed by atoms with Gasteiger partial charge in [-0.2, -0.15) is 0 Å². The van der Waals surface area contributed by atoms with Gasteiger partial charge in [-0.1, -0.05) is 24.3 Å². The zero-order valence-electron chi connectivity index (χ0n) is 18.9. The topological polar surface area (TPSA) is 123 Å². The highest BCUT2D eigenvalue weighted by Gasteiger charge is 2.26. The number of aromatic hydroxyl groups is 3. The zero-order valence-corrected chi connectivity index (χ0v) is 18.9. The summed E-state index contributed by atoms with van der Waals surface area (Å²) in [6.07, 6.45) is 1.51. The van der Waals surface area contributed by atoms with Crippen molar-refractivity contribution in [2.24, 2.45) is 4.99 Å². The van der Waals surface area contributed by atoms with Crippen molar-refractivity contribution in [1.82, 2.24) is 9.47 Å². The summed E-state index contributed by atoms with van der Waals surface area (Å²) in [5, 5.41) is 35.9. The standard InChI is InChI=1S/C25H24N4O5/c1-15(19-13-8-14-34-19)26-20-21(25(33)29(24(20)32)16-9-5-4-6-10-16)27-18-12-7-11-17(22(18)30)23(31)28(2)3/h4-14,27,30,32-33H,1-3H3. The molecule has 4 N–H and O–H groups in total. The Hall–Kier alpha value is -4.66. The van der Waals surface area contributed by atoms with Crippen LogP contribution in [-0.4, -0.2) is 50.5 Å². The molecule has 2 aromatic heterocycles. The number of carbonyl (C=O) groups excluding carboxylic acids is 1. The van der Waals surface area contributed by atoms with Gasteiger partial charge >= 0.3 is 0 Å². The van der Waals surface area contributed by atoms with Crippen LogP contribution < -0.4 is 5.32 Å². The number of nitrogens with zero attached hydrogens (tertiary/aromatic N) is 3. The van der Waals surface area contributed by atoms with Gasteiger partial charge in [0, 0.05) is 14.1 Å². The van der Waals surface area contributed by atoms with Gasteiger partial charge in [-0.3, -0.25) is 4.79 Å². The van der Waals surface area contributed by atoms with Crippen molar-refractivity contribution in [3.63, 3.8) is 0 Å². The van der Waals surface area contributed by atoms with Crippen molar-refractivity contribution in [3.8, 4) is 23.2 Å². The van der Waals surface area contributed by atoms with Gasteiger partial charge < -0.3 is 30.0 Å². The molecule has 0 saturated heterocycles. The number of amides is 1. The van der Waals surface area contributed by atoms with Crippen LogP contribution in [0, 0.1) is 0 Å². The molecular weight excluding hydrogens is 436 g/mol. The molecule has 1 amide bonds. The Labute approximate surface area is 195 Å². The summed E-state index contributed by atoms with van der Waals surface area (Å²) in [6, 6.07) is 16.8. The van der Waals surface area contributed by atoms with Crippen molar-refractivity contribution in [2.45, 2.75) is 6.92 Å². The maximum Gasteiger partial charge on any atom is 0.257 e. The summed E-state index contributed by atoms with van der Waals surface area (Å²) in [5.41, 5.74) is 1.25. The van der Waals surface area contributed by atoms with Crippen molar-refractivity contribution >= 4 is 28.7 Å². The number of benzene rings is 2. The maximum absolute atomic E-state index is 12.4. The monoisotopic (exact) mass is 460 g/mol. The smallest absolute Gasteiger partial charge is 0.257 e. The number of hydrogen-bond donors (Lipinski definition) is 4. The highest BCUT2D eigenvalue weighted by atomic mass is 16.3. The minimum absolute atomic E-state index is 0.0268. The molecule has 0 aliphatic carbocycles. The molecule has 0 fully saturated rings. The van der Waals surface area contributed by atoms with Crippen LogP contribution in [-0.2, 0) is 0 Å². The molecule has 174 valence electrons. The first kappa shape index (κ1) is 22.5. The van der Waals surface area contributed by atoms with Crippen LogP contribution in [0.4, 0.5) is 17.1 Å². The molecule has 0 saturated carbocycles. The van der Waals surface area contributed by atoms with E-state index in [1.54, 1.807) is 69.6 Å². The number of phenols is 1. The van der Waals surface area contributed by atoms with Gasteiger partial charge in [0.25, 0.3) is 5.91 Å². The summed E-state index contributed by atoms with van der Waals surface area (Å²) in [5.74, 6) is -0.860. The molecule has 4 rings (SSSR count). The van der Waals surface area contributed by atoms with Crippen LogP contribution in [0.1, 0.15) is 23.0 Å². The normalized spacial score (nSPS) is 11.4. The van der Waals surface area contributed by atoms with Crippen LogP contribution in [0.5, 0.6) is 17.5 Å². The first-order valence-corrected chi connectivity index (χ1v) is 10.4. The number of hydrogen-bond acceptors (Lipinski definition) is 7. The Morgan fingerprint density at radius 1 is 0.971 bits per heavy atom. The molecule has 9 heteroatoms. The fourth-order valence-corrected chi connectivity index (χ4v) is 3.48. The number of furan rings is 1. The molecule has 0 aliphatic heterocycles. The molecule has 0 atom stereocenters. The summed E-state index contributed by atoms with van der Waals surface area (Å²) in [6.45, 7) is 1.70. The Kier molecular flexibility index (Phi) is 6.01. The number of phenolic OH excluding ortho intramolecular Hbond substituents is 1. The molecule has 0 radical (unpaired) electrons. The largest absolute Gasteiger partial charge is 0.505 e. The highest BCUT2D eigenvalue weighted by Crippen LogP contribution is 2.49. The van der Waals surface area contributed by atoms with Gasteiger partial charge in [-0.05, 0) is 43.3 Å². The van der Waals surface area contributed by atoms with Gasteiger partial charge in [0.05, 0.1) is 28.9 Å². The predicted octanol–water partition coefficient (Wildman–Crippen LogP) is 4.77. The molecule has 0 aliphatic rings. The van der Waals surface area contributed by atoms with Crippen molar-refractivity contribution in [3.05, 3.63) is 78.3 Å². The lowest BCUT2D eigenvalue weighted by Gasteiger charge is -2.15. The second-order valence-electron chi connectivity index (χ2n) is 7.74. The summed E-state index contributed by atoms with van der Waals surface area (Å²) in [4.78, 5) is 18.3. The van der Waals surface area contributed by atoms with Crippen LogP contribution in [0.2, 0.25) is 0 Å². The Morgan fingerprint density at radius 3 is 2.35 bits per heavy atom. The van der Waals surface area contributed by atoms with Gasteiger partial charge in [-0.25, -0.2) is 9.56 Å². The number of nitrogens with one attached hydrogen (secondary N) is 1. The van der Waals surface area contributed by atoms with Crippen LogP contribution in [0.25, 0.3) is 5.69 Å². The number of rotatable bonds is 6. The molecule has 9 nitrogen and oxygen atoms in total.